The molecule has 1 aromatic rings. The van der Waals surface area contributed by atoms with Gasteiger partial charge in [-0.25, -0.2) is 9.97 Å². The molecule has 4 heteroatoms. The van der Waals surface area contributed by atoms with E-state index in [-0.39, 0.29) is 5.78 Å². The first-order chi connectivity index (χ1) is 6.63. The number of anilines is 1. The van der Waals surface area contributed by atoms with Crippen molar-refractivity contribution in [1.29, 1.82) is 0 Å². The monoisotopic (exact) mass is 193 g/mol. The summed E-state index contributed by atoms with van der Waals surface area (Å²) in [6.07, 6.45) is 2.64. The number of hydrogen-bond acceptors (Lipinski definition) is 4. The molecule has 0 amide bonds. The van der Waals surface area contributed by atoms with Crippen LogP contribution in [0.4, 0.5) is 5.95 Å². The Hall–Kier alpha value is -1.45. The fourth-order valence-electron chi connectivity index (χ4n) is 1.03. The quantitative estimate of drug-likeness (QED) is 0.717. The number of hydrogen-bond donors (Lipinski definition) is 0. The van der Waals surface area contributed by atoms with E-state index >= 15 is 0 Å². The third-order valence-electron chi connectivity index (χ3n) is 1.87. The van der Waals surface area contributed by atoms with E-state index in [1.54, 1.807) is 12.3 Å². The summed E-state index contributed by atoms with van der Waals surface area (Å²) in [6, 6.07) is 1.78. The van der Waals surface area contributed by atoms with Gasteiger partial charge in [0.1, 0.15) is 5.78 Å². The third kappa shape index (κ3) is 2.80. The molecule has 76 valence electrons. The molecule has 0 atom stereocenters. The van der Waals surface area contributed by atoms with Crippen LogP contribution in [-0.4, -0.2) is 29.8 Å². The maximum atomic E-state index is 11.2. The number of carbonyl (C=O) groups excluding carboxylic acids is 1. The molecule has 0 aliphatic rings. The summed E-state index contributed by atoms with van der Waals surface area (Å²) in [5.74, 6) is 0.847. The molecule has 14 heavy (non-hydrogen) atoms. The molecule has 0 saturated heterocycles. The van der Waals surface area contributed by atoms with E-state index in [9.17, 15) is 4.79 Å². The second-order valence-corrected chi connectivity index (χ2v) is 3.31. The van der Waals surface area contributed by atoms with Crippen LogP contribution >= 0.6 is 0 Å². The van der Waals surface area contributed by atoms with Gasteiger partial charge in [-0.3, -0.25) is 4.79 Å². The molecule has 0 radical (unpaired) electrons. The minimum absolute atomic E-state index is 0.202. The molecule has 0 spiro atoms. The number of aromatic nitrogens is 2. The highest BCUT2D eigenvalue weighted by molar-refractivity contribution is 5.80. The minimum Gasteiger partial charge on any atom is -0.347 e. The van der Waals surface area contributed by atoms with E-state index in [1.165, 1.54) is 0 Å². The smallest absolute Gasteiger partial charge is 0.224 e. The van der Waals surface area contributed by atoms with Gasteiger partial charge in [-0.1, -0.05) is 6.92 Å². The van der Waals surface area contributed by atoms with E-state index in [4.69, 9.17) is 0 Å². The predicted molar refractivity (Wildman–Crippen MR) is 55.4 cm³/mol. The molecule has 0 bridgehead atoms. The zero-order valence-corrected chi connectivity index (χ0v) is 8.82. The Morgan fingerprint density at radius 2 is 2.21 bits per heavy atom. The van der Waals surface area contributed by atoms with Gasteiger partial charge in [-0.05, 0) is 6.07 Å². The molecule has 0 aromatic carbocycles. The van der Waals surface area contributed by atoms with Crippen molar-refractivity contribution < 1.29 is 4.79 Å². The first-order valence-electron chi connectivity index (χ1n) is 4.64. The van der Waals surface area contributed by atoms with E-state index in [1.807, 2.05) is 25.9 Å². The number of carbonyl (C=O) groups is 1. The summed E-state index contributed by atoms with van der Waals surface area (Å²) in [5.41, 5.74) is 0.788. The van der Waals surface area contributed by atoms with Crippen molar-refractivity contribution in [1.82, 2.24) is 9.97 Å². The molecule has 0 aliphatic heterocycles. The van der Waals surface area contributed by atoms with E-state index < -0.39 is 0 Å². The van der Waals surface area contributed by atoms with Crippen LogP contribution in [0.2, 0.25) is 0 Å². The Balaban J connectivity index is 2.78. The van der Waals surface area contributed by atoms with Gasteiger partial charge in [0.25, 0.3) is 0 Å². The molecule has 0 unspecified atom stereocenters. The van der Waals surface area contributed by atoms with Crippen LogP contribution in [-0.2, 0) is 11.2 Å². The first-order valence-corrected chi connectivity index (χ1v) is 4.64. The van der Waals surface area contributed by atoms with Crippen LogP contribution in [0.25, 0.3) is 0 Å². The Morgan fingerprint density at radius 1 is 1.50 bits per heavy atom. The van der Waals surface area contributed by atoms with Gasteiger partial charge in [-0.15, -0.1) is 0 Å². The highest BCUT2D eigenvalue weighted by atomic mass is 16.1. The summed E-state index contributed by atoms with van der Waals surface area (Å²) in [4.78, 5) is 21.3. The molecule has 0 aliphatic carbocycles. The minimum atomic E-state index is 0.202. The van der Waals surface area contributed by atoms with Crippen LogP contribution in [0.15, 0.2) is 12.3 Å². The molecule has 1 rings (SSSR count). The molecule has 1 heterocycles. The Morgan fingerprint density at radius 3 is 2.79 bits per heavy atom. The number of nitrogens with zero attached hydrogens (tertiary/aromatic N) is 3. The SMILES string of the molecule is CCC(=O)Cc1ccnc(N(C)C)n1. The molecule has 1 aromatic heterocycles. The summed E-state index contributed by atoms with van der Waals surface area (Å²) >= 11 is 0. The standard InChI is InChI=1S/C10H15N3O/c1-4-9(14)7-8-5-6-11-10(12-8)13(2)3/h5-6H,4,7H2,1-3H3. The number of rotatable bonds is 4. The number of ketones is 1. The molecular weight excluding hydrogens is 178 g/mol. The normalized spacial score (nSPS) is 9.93. The van der Waals surface area contributed by atoms with Crippen molar-refractivity contribution in [2.75, 3.05) is 19.0 Å². The maximum Gasteiger partial charge on any atom is 0.224 e. The zero-order valence-electron chi connectivity index (χ0n) is 8.82. The maximum absolute atomic E-state index is 11.2. The van der Waals surface area contributed by atoms with Crippen molar-refractivity contribution in [3.63, 3.8) is 0 Å². The Labute approximate surface area is 84.0 Å². The van der Waals surface area contributed by atoms with Crippen LogP contribution < -0.4 is 4.90 Å². The van der Waals surface area contributed by atoms with Crippen LogP contribution in [0, 0.1) is 0 Å². The Kier molecular flexibility index (Phi) is 3.56. The lowest BCUT2D eigenvalue weighted by Crippen LogP contribution is -2.14. The van der Waals surface area contributed by atoms with Crippen molar-refractivity contribution >= 4 is 11.7 Å². The third-order valence-corrected chi connectivity index (χ3v) is 1.87. The van der Waals surface area contributed by atoms with Crippen LogP contribution in [0.5, 0.6) is 0 Å². The summed E-state index contributed by atoms with van der Waals surface area (Å²) < 4.78 is 0. The highest BCUT2D eigenvalue weighted by Crippen LogP contribution is 2.04. The van der Waals surface area contributed by atoms with E-state index in [2.05, 4.69) is 9.97 Å². The molecular formula is C10H15N3O. The fraction of sp³-hybridized carbons (Fsp3) is 0.500. The predicted octanol–water partition coefficient (Wildman–Crippen LogP) is 1.06. The van der Waals surface area contributed by atoms with Gasteiger partial charge in [0.2, 0.25) is 5.95 Å². The van der Waals surface area contributed by atoms with E-state index in [0.717, 1.165) is 5.69 Å². The summed E-state index contributed by atoms with van der Waals surface area (Å²) in [7, 11) is 3.75. The van der Waals surface area contributed by atoms with Crippen molar-refractivity contribution in [2.24, 2.45) is 0 Å². The average Bonchev–Trinajstić information content (AvgIpc) is 2.18. The molecule has 0 fully saturated rings. The summed E-state index contributed by atoms with van der Waals surface area (Å²) in [5, 5.41) is 0. The van der Waals surface area contributed by atoms with Gasteiger partial charge in [0, 0.05) is 33.1 Å². The van der Waals surface area contributed by atoms with Gasteiger partial charge in [0.15, 0.2) is 0 Å². The van der Waals surface area contributed by atoms with Gasteiger partial charge < -0.3 is 4.90 Å². The van der Waals surface area contributed by atoms with Crippen LogP contribution in [0.1, 0.15) is 19.0 Å². The van der Waals surface area contributed by atoms with Gasteiger partial charge >= 0.3 is 0 Å². The zero-order chi connectivity index (χ0) is 10.6. The van der Waals surface area contributed by atoms with Gasteiger partial charge in [0.05, 0.1) is 5.69 Å². The lowest BCUT2D eigenvalue weighted by molar-refractivity contribution is -0.118. The number of Topliss-reactive ketones (excluding diaryl/α,β-unsaturated/α-hetero) is 1. The van der Waals surface area contributed by atoms with Crippen molar-refractivity contribution in [2.45, 2.75) is 19.8 Å². The topological polar surface area (TPSA) is 46.1 Å². The van der Waals surface area contributed by atoms with Crippen LogP contribution in [0.3, 0.4) is 0 Å². The van der Waals surface area contributed by atoms with Crippen molar-refractivity contribution in [3.8, 4) is 0 Å². The molecule has 0 saturated carbocycles. The average molecular weight is 193 g/mol. The highest BCUT2D eigenvalue weighted by Gasteiger charge is 2.04. The molecule has 4 nitrogen and oxygen atoms in total. The van der Waals surface area contributed by atoms with E-state index in [0.29, 0.717) is 18.8 Å². The first kappa shape index (κ1) is 10.6. The largest absolute Gasteiger partial charge is 0.347 e. The molecule has 0 N–H and O–H groups in total. The lowest BCUT2D eigenvalue weighted by Gasteiger charge is -2.10. The fourth-order valence-corrected chi connectivity index (χ4v) is 1.03. The second kappa shape index (κ2) is 4.69. The lowest BCUT2D eigenvalue weighted by atomic mass is 10.2. The van der Waals surface area contributed by atoms with Crippen molar-refractivity contribution in [3.05, 3.63) is 18.0 Å². The second-order valence-electron chi connectivity index (χ2n) is 3.31. The summed E-state index contributed by atoms with van der Waals surface area (Å²) in [6.45, 7) is 1.86. The Bertz CT molecular complexity index is 323. The van der Waals surface area contributed by atoms with Gasteiger partial charge in [-0.2, -0.15) is 0 Å².